The van der Waals surface area contributed by atoms with Gasteiger partial charge in [0.1, 0.15) is 5.84 Å². The first-order valence-electron chi connectivity index (χ1n) is 6.30. The second kappa shape index (κ2) is 5.68. The number of pyridine rings is 1. The first kappa shape index (κ1) is 13.8. The molecule has 21 heavy (non-hydrogen) atoms. The number of thiophene rings is 1. The molecule has 3 rings (SSSR count). The van der Waals surface area contributed by atoms with Crippen LogP contribution < -0.4 is 5.73 Å². The van der Waals surface area contributed by atoms with Crippen LogP contribution in [0.1, 0.15) is 5.56 Å². The standard InChI is InChI=1S/C16H12ClN3S/c17-12-4-1-10(2-5-12)14-7-8-15(21-14)13-6-3-11(9-20-13)16(18)19/h1-9H,(H3,18,19). The normalized spacial score (nSPS) is 10.5. The summed E-state index contributed by atoms with van der Waals surface area (Å²) in [6, 6.07) is 15.6. The third kappa shape index (κ3) is 2.96. The van der Waals surface area contributed by atoms with Crippen LogP contribution in [0.2, 0.25) is 5.02 Å². The van der Waals surface area contributed by atoms with E-state index >= 15 is 0 Å². The molecule has 2 heterocycles. The van der Waals surface area contributed by atoms with Crippen molar-refractivity contribution in [3.63, 3.8) is 0 Å². The van der Waals surface area contributed by atoms with Gasteiger partial charge in [0.25, 0.3) is 0 Å². The van der Waals surface area contributed by atoms with Gasteiger partial charge in [-0.15, -0.1) is 11.3 Å². The van der Waals surface area contributed by atoms with Crippen molar-refractivity contribution in [2.24, 2.45) is 5.73 Å². The maximum atomic E-state index is 7.37. The topological polar surface area (TPSA) is 62.8 Å². The van der Waals surface area contributed by atoms with E-state index in [4.69, 9.17) is 22.7 Å². The molecule has 0 bridgehead atoms. The fraction of sp³-hybridized carbons (Fsp3) is 0. The van der Waals surface area contributed by atoms with E-state index in [9.17, 15) is 0 Å². The molecular weight excluding hydrogens is 302 g/mol. The van der Waals surface area contributed by atoms with Crippen molar-refractivity contribution in [3.05, 3.63) is 65.3 Å². The Kier molecular flexibility index (Phi) is 3.73. The molecule has 3 nitrogen and oxygen atoms in total. The zero-order valence-corrected chi connectivity index (χ0v) is 12.6. The summed E-state index contributed by atoms with van der Waals surface area (Å²) in [4.78, 5) is 6.60. The molecule has 0 radical (unpaired) electrons. The summed E-state index contributed by atoms with van der Waals surface area (Å²) >= 11 is 7.58. The SMILES string of the molecule is N=C(N)c1ccc(-c2ccc(-c3ccc(Cl)cc3)s2)nc1. The van der Waals surface area contributed by atoms with Crippen molar-refractivity contribution in [1.82, 2.24) is 4.98 Å². The number of amidine groups is 1. The molecule has 0 saturated carbocycles. The Labute approximate surface area is 131 Å². The number of hydrogen-bond acceptors (Lipinski definition) is 3. The fourth-order valence-electron chi connectivity index (χ4n) is 1.94. The number of nitrogen functional groups attached to an aromatic ring is 1. The summed E-state index contributed by atoms with van der Waals surface area (Å²) in [6.45, 7) is 0. The zero-order valence-electron chi connectivity index (χ0n) is 11.0. The fourth-order valence-corrected chi connectivity index (χ4v) is 3.06. The van der Waals surface area contributed by atoms with Gasteiger partial charge in [-0.25, -0.2) is 0 Å². The van der Waals surface area contributed by atoms with E-state index in [0.29, 0.717) is 5.56 Å². The monoisotopic (exact) mass is 313 g/mol. The predicted octanol–water partition coefficient (Wildman–Crippen LogP) is 4.41. The summed E-state index contributed by atoms with van der Waals surface area (Å²) < 4.78 is 0. The van der Waals surface area contributed by atoms with Crippen molar-refractivity contribution in [3.8, 4) is 21.0 Å². The van der Waals surface area contributed by atoms with Crippen LogP contribution in [0.4, 0.5) is 0 Å². The van der Waals surface area contributed by atoms with E-state index in [1.165, 1.54) is 4.88 Å². The molecule has 0 atom stereocenters. The molecule has 0 aliphatic rings. The third-order valence-electron chi connectivity index (χ3n) is 3.06. The van der Waals surface area contributed by atoms with Gasteiger partial charge in [-0.2, -0.15) is 0 Å². The minimum absolute atomic E-state index is 0.0297. The average Bonchev–Trinajstić information content (AvgIpc) is 2.98. The van der Waals surface area contributed by atoms with Crippen LogP contribution in [0.15, 0.2) is 54.7 Å². The van der Waals surface area contributed by atoms with Crippen LogP contribution >= 0.6 is 22.9 Å². The summed E-state index contributed by atoms with van der Waals surface area (Å²) in [6.07, 6.45) is 1.62. The Morgan fingerprint density at radius 2 is 1.71 bits per heavy atom. The van der Waals surface area contributed by atoms with E-state index in [1.54, 1.807) is 17.5 Å². The van der Waals surface area contributed by atoms with Gasteiger partial charge in [-0.05, 0) is 42.0 Å². The number of nitrogens with one attached hydrogen (secondary N) is 1. The molecule has 5 heteroatoms. The summed E-state index contributed by atoms with van der Waals surface area (Å²) in [5.41, 5.74) is 8.08. The molecule has 3 N–H and O–H groups in total. The second-order valence-corrected chi connectivity index (χ2v) is 6.04. The van der Waals surface area contributed by atoms with Crippen molar-refractivity contribution >= 4 is 28.8 Å². The molecule has 2 aromatic heterocycles. The molecule has 0 aliphatic carbocycles. The van der Waals surface area contributed by atoms with Crippen molar-refractivity contribution in [2.45, 2.75) is 0 Å². The highest BCUT2D eigenvalue weighted by Gasteiger charge is 2.06. The lowest BCUT2D eigenvalue weighted by Gasteiger charge is -2.00. The number of benzene rings is 1. The third-order valence-corrected chi connectivity index (χ3v) is 4.47. The molecule has 0 unspecified atom stereocenters. The number of rotatable bonds is 3. The van der Waals surface area contributed by atoms with Gasteiger partial charge in [0.05, 0.1) is 10.6 Å². The van der Waals surface area contributed by atoms with E-state index in [0.717, 1.165) is 21.2 Å². The largest absolute Gasteiger partial charge is 0.384 e. The second-order valence-electron chi connectivity index (χ2n) is 4.52. The zero-order chi connectivity index (χ0) is 14.8. The lowest BCUT2D eigenvalue weighted by Crippen LogP contribution is -2.10. The highest BCUT2D eigenvalue weighted by atomic mass is 35.5. The van der Waals surface area contributed by atoms with Crippen molar-refractivity contribution < 1.29 is 0 Å². The van der Waals surface area contributed by atoms with Gasteiger partial charge in [0.2, 0.25) is 0 Å². The number of nitrogens with zero attached hydrogens (tertiary/aromatic N) is 1. The van der Waals surface area contributed by atoms with Gasteiger partial charge >= 0.3 is 0 Å². The van der Waals surface area contributed by atoms with Crippen LogP contribution in [-0.4, -0.2) is 10.8 Å². The van der Waals surface area contributed by atoms with E-state index in [1.807, 2.05) is 42.5 Å². The lowest BCUT2D eigenvalue weighted by molar-refractivity contribution is 1.30. The molecule has 0 fully saturated rings. The molecule has 1 aromatic carbocycles. The van der Waals surface area contributed by atoms with E-state index in [-0.39, 0.29) is 5.84 Å². The quantitative estimate of drug-likeness (QED) is 0.555. The minimum Gasteiger partial charge on any atom is -0.384 e. The van der Waals surface area contributed by atoms with Gasteiger partial charge in [0, 0.05) is 21.7 Å². The molecule has 0 saturated heterocycles. The first-order valence-corrected chi connectivity index (χ1v) is 7.49. The van der Waals surface area contributed by atoms with Crippen LogP contribution in [0.3, 0.4) is 0 Å². The molecule has 0 amide bonds. The summed E-state index contributed by atoms with van der Waals surface area (Å²) in [7, 11) is 0. The molecule has 3 aromatic rings. The maximum Gasteiger partial charge on any atom is 0.124 e. The lowest BCUT2D eigenvalue weighted by atomic mass is 10.2. The first-order chi connectivity index (χ1) is 10.1. The molecule has 0 aliphatic heterocycles. The number of nitrogens with two attached hydrogens (primary N) is 1. The molecule has 0 spiro atoms. The van der Waals surface area contributed by atoms with Gasteiger partial charge < -0.3 is 5.73 Å². The Balaban J connectivity index is 1.90. The Morgan fingerprint density at radius 1 is 1.00 bits per heavy atom. The van der Waals surface area contributed by atoms with E-state index in [2.05, 4.69) is 11.1 Å². The smallest absolute Gasteiger partial charge is 0.124 e. The Hall–Kier alpha value is -2.17. The summed E-state index contributed by atoms with van der Waals surface area (Å²) in [5.74, 6) is 0.0297. The van der Waals surface area contributed by atoms with E-state index < -0.39 is 0 Å². The Morgan fingerprint density at radius 3 is 2.33 bits per heavy atom. The molecule has 104 valence electrons. The Bertz CT molecular complexity index is 776. The maximum absolute atomic E-state index is 7.37. The predicted molar refractivity (Wildman–Crippen MR) is 89.0 cm³/mol. The van der Waals surface area contributed by atoms with Crippen molar-refractivity contribution in [1.29, 1.82) is 5.41 Å². The van der Waals surface area contributed by atoms with Crippen LogP contribution in [0, 0.1) is 5.41 Å². The van der Waals surface area contributed by atoms with Crippen LogP contribution in [0.5, 0.6) is 0 Å². The highest BCUT2D eigenvalue weighted by Crippen LogP contribution is 2.33. The minimum atomic E-state index is 0.0297. The number of halogens is 1. The van der Waals surface area contributed by atoms with Crippen molar-refractivity contribution in [2.75, 3.05) is 0 Å². The van der Waals surface area contributed by atoms with Gasteiger partial charge in [0.15, 0.2) is 0 Å². The average molecular weight is 314 g/mol. The van der Waals surface area contributed by atoms with Gasteiger partial charge in [-0.3, -0.25) is 10.4 Å². The van der Waals surface area contributed by atoms with Gasteiger partial charge in [-0.1, -0.05) is 23.7 Å². The van der Waals surface area contributed by atoms with Crippen LogP contribution in [0.25, 0.3) is 21.0 Å². The van der Waals surface area contributed by atoms with Crippen LogP contribution in [-0.2, 0) is 0 Å². The number of aromatic nitrogens is 1. The summed E-state index contributed by atoms with van der Waals surface area (Å²) in [5, 5.41) is 8.11. The molecular formula is C16H12ClN3S. The number of hydrogen-bond donors (Lipinski definition) is 2. The highest BCUT2D eigenvalue weighted by molar-refractivity contribution is 7.18.